The molecule has 0 atom stereocenters. The Kier molecular flexibility index (Phi) is 3.18. The van der Waals surface area contributed by atoms with Gasteiger partial charge in [-0.05, 0) is 31.3 Å². The molecule has 0 aliphatic carbocycles. The quantitative estimate of drug-likeness (QED) is 0.763. The SMILES string of the molecule is COc1ccc(OC)c([Si](C)(C)O)c1. The minimum absolute atomic E-state index is 0.727. The van der Waals surface area contributed by atoms with Crippen LogP contribution in [0.5, 0.6) is 11.5 Å². The molecular formula is C10H16O3Si. The van der Waals surface area contributed by atoms with Crippen LogP contribution in [0.15, 0.2) is 18.2 Å². The van der Waals surface area contributed by atoms with Gasteiger partial charge in [-0.15, -0.1) is 0 Å². The van der Waals surface area contributed by atoms with Crippen LogP contribution < -0.4 is 14.7 Å². The molecule has 1 aromatic carbocycles. The summed E-state index contributed by atoms with van der Waals surface area (Å²) in [7, 11) is 0.860. The van der Waals surface area contributed by atoms with Gasteiger partial charge in [0.1, 0.15) is 11.5 Å². The van der Waals surface area contributed by atoms with Crippen molar-refractivity contribution in [3.05, 3.63) is 18.2 Å². The Hall–Kier alpha value is -1.00. The van der Waals surface area contributed by atoms with Crippen LogP contribution in [0.1, 0.15) is 0 Å². The summed E-state index contributed by atoms with van der Waals surface area (Å²) in [5.41, 5.74) is 0. The summed E-state index contributed by atoms with van der Waals surface area (Å²) in [5.74, 6) is 1.47. The van der Waals surface area contributed by atoms with Gasteiger partial charge in [-0.25, -0.2) is 0 Å². The van der Waals surface area contributed by atoms with E-state index in [9.17, 15) is 4.80 Å². The Morgan fingerprint density at radius 1 is 1.14 bits per heavy atom. The van der Waals surface area contributed by atoms with E-state index in [0.717, 1.165) is 16.7 Å². The third kappa shape index (κ3) is 2.27. The van der Waals surface area contributed by atoms with Gasteiger partial charge in [0.2, 0.25) is 8.32 Å². The fraction of sp³-hybridized carbons (Fsp3) is 0.400. The lowest BCUT2D eigenvalue weighted by Gasteiger charge is -2.18. The highest BCUT2D eigenvalue weighted by Gasteiger charge is 2.25. The molecule has 0 aromatic heterocycles. The lowest BCUT2D eigenvalue weighted by Crippen LogP contribution is -2.42. The van der Waals surface area contributed by atoms with Crippen molar-refractivity contribution in [3.63, 3.8) is 0 Å². The summed E-state index contributed by atoms with van der Waals surface area (Å²) >= 11 is 0. The molecule has 0 heterocycles. The van der Waals surface area contributed by atoms with Crippen molar-refractivity contribution in [2.24, 2.45) is 0 Å². The molecule has 0 saturated heterocycles. The minimum atomic E-state index is -2.35. The summed E-state index contributed by atoms with van der Waals surface area (Å²) in [6, 6.07) is 5.48. The van der Waals surface area contributed by atoms with Crippen LogP contribution in [-0.4, -0.2) is 27.3 Å². The molecule has 0 saturated carbocycles. The lowest BCUT2D eigenvalue weighted by molar-refractivity contribution is 0.404. The van der Waals surface area contributed by atoms with Crippen molar-refractivity contribution in [1.29, 1.82) is 0 Å². The third-order valence-corrected chi connectivity index (χ3v) is 3.77. The monoisotopic (exact) mass is 212 g/mol. The average molecular weight is 212 g/mol. The predicted octanol–water partition coefficient (Wildman–Crippen LogP) is 1.11. The van der Waals surface area contributed by atoms with Crippen LogP contribution in [0.3, 0.4) is 0 Å². The Balaban J connectivity index is 3.22. The van der Waals surface area contributed by atoms with Gasteiger partial charge in [0, 0.05) is 5.19 Å². The van der Waals surface area contributed by atoms with Crippen molar-refractivity contribution in [3.8, 4) is 11.5 Å². The van der Waals surface area contributed by atoms with E-state index < -0.39 is 8.32 Å². The van der Waals surface area contributed by atoms with Crippen molar-refractivity contribution in [1.82, 2.24) is 0 Å². The first-order chi connectivity index (χ1) is 6.49. The number of methoxy groups -OCH3 is 2. The fourth-order valence-corrected chi connectivity index (χ4v) is 2.58. The molecule has 0 amide bonds. The average Bonchev–Trinajstić information content (AvgIpc) is 2.15. The highest BCUT2D eigenvalue weighted by Crippen LogP contribution is 2.18. The van der Waals surface area contributed by atoms with Crippen molar-refractivity contribution in [2.45, 2.75) is 13.1 Å². The first kappa shape index (κ1) is 11.1. The minimum Gasteiger partial charge on any atom is -0.497 e. The van der Waals surface area contributed by atoms with Crippen molar-refractivity contribution < 1.29 is 14.3 Å². The van der Waals surface area contributed by atoms with E-state index in [-0.39, 0.29) is 0 Å². The van der Waals surface area contributed by atoms with E-state index >= 15 is 0 Å². The maximum absolute atomic E-state index is 10.0. The Labute approximate surface area is 85.4 Å². The van der Waals surface area contributed by atoms with Gasteiger partial charge >= 0.3 is 0 Å². The highest BCUT2D eigenvalue weighted by molar-refractivity contribution is 6.84. The molecule has 0 bridgehead atoms. The fourth-order valence-electron chi connectivity index (χ4n) is 1.29. The third-order valence-electron chi connectivity index (χ3n) is 2.07. The van der Waals surface area contributed by atoms with Crippen LogP contribution in [0.2, 0.25) is 13.1 Å². The molecule has 0 unspecified atom stereocenters. The van der Waals surface area contributed by atoms with Crippen molar-refractivity contribution in [2.75, 3.05) is 14.2 Å². The number of hydrogen-bond donors (Lipinski definition) is 1. The van der Waals surface area contributed by atoms with Crippen LogP contribution in [0.25, 0.3) is 0 Å². The zero-order chi connectivity index (χ0) is 10.8. The summed E-state index contributed by atoms with van der Waals surface area (Å²) in [5, 5.41) is 0.861. The van der Waals surface area contributed by atoms with Crippen LogP contribution in [0.4, 0.5) is 0 Å². The number of hydrogen-bond acceptors (Lipinski definition) is 3. The van der Waals surface area contributed by atoms with E-state index in [1.54, 1.807) is 14.2 Å². The van der Waals surface area contributed by atoms with E-state index in [2.05, 4.69) is 0 Å². The first-order valence-corrected chi connectivity index (χ1v) is 7.38. The summed E-state index contributed by atoms with van der Waals surface area (Å²) in [6.45, 7) is 3.70. The maximum Gasteiger partial charge on any atom is 0.217 e. The number of ether oxygens (including phenoxy) is 2. The highest BCUT2D eigenvalue weighted by atomic mass is 28.4. The molecule has 4 heteroatoms. The van der Waals surface area contributed by atoms with Gasteiger partial charge in [0.15, 0.2) is 0 Å². The van der Waals surface area contributed by atoms with E-state index in [4.69, 9.17) is 9.47 Å². The topological polar surface area (TPSA) is 38.7 Å². The number of benzene rings is 1. The van der Waals surface area contributed by atoms with Gasteiger partial charge in [0.25, 0.3) is 0 Å². The summed E-state index contributed by atoms with van der Waals surface area (Å²) in [4.78, 5) is 10.0. The first-order valence-electron chi connectivity index (χ1n) is 4.44. The molecule has 0 radical (unpaired) electrons. The molecule has 1 aromatic rings. The standard InChI is InChI=1S/C10H16O3Si/c1-12-8-5-6-9(13-2)10(7-8)14(3,4)11/h5-7,11H,1-4H3. The molecule has 14 heavy (non-hydrogen) atoms. The molecule has 1 N–H and O–H groups in total. The maximum atomic E-state index is 10.0. The Morgan fingerprint density at radius 3 is 2.21 bits per heavy atom. The smallest absolute Gasteiger partial charge is 0.217 e. The molecule has 78 valence electrons. The second kappa shape index (κ2) is 4.02. The van der Waals surface area contributed by atoms with Gasteiger partial charge < -0.3 is 14.3 Å². The zero-order valence-corrected chi connectivity index (χ0v) is 10.00. The van der Waals surface area contributed by atoms with Crippen LogP contribution in [0, 0.1) is 0 Å². The molecule has 0 fully saturated rings. The van der Waals surface area contributed by atoms with Gasteiger partial charge in [0.05, 0.1) is 14.2 Å². The molecular weight excluding hydrogens is 196 g/mol. The van der Waals surface area contributed by atoms with Crippen LogP contribution >= 0.6 is 0 Å². The van der Waals surface area contributed by atoms with Gasteiger partial charge in [-0.2, -0.15) is 0 Å². The molecule has 1 rings (SSSR count). The number of rotatable bonds is 3. The molecule has 0 spiro atoms. The predicted molar refractivity (Wildman–Crippen MR) is 58.9 cm³/mol. The summed E-state index contributed by atoms with van der Waals surface area (Å²) < 4.78 is 10.3. The molecule has 0 aliphatic rings. The zero-order valence-electron chi connectivity index (χ0n) is 9.00. The molecule has 0 aliphatic heterocycles. The Bertz CT molecular complexity index is 318. The van der Waals surface area contributed by atoms with E-state index in [1.807, 2.05) is 31.3 Å². The van der Waals surface area contributed by atoms with Gasteiger partial charge in [-0.1, -0.05) is 0 Å². The van der Waals surface area contributed by atoms with Crippen molar-refractivity contribution >= 4 is 13.5 Å². The van der Waals surface area contributed by atoms with Gasteiger partial charge in [-0.3, -0.25) is 0 Å². The normalized spacial score (nSPS) is 11.2. The van der Waals surface area contributed by atoms with Crippen LogP contribution in [-0.2, 0) is 0 Å². The Morgan fingerprint density at radius 2 is 1.79 bits per heavy atom. The second-order valence-electron chi connectivity index (χ2n) is 3.63. The largest absolute Gasteiger partial charge is 0.497 e. The van der Waals surface area contributed by atoms with E-state index in [1.165, 1.54) is 0 Å². The second-order valence-corrected chi connectivity index (χ2v) is 7.28. The summed E-state index contributed by atoms with van der Waals surface area (Å²) in [6.07, 6.45) is 0. The lowest BCUT2D eigenvalue weighted by atomic mass is 10.3. The molecule has 3 nitrogen and oxygen atoms in total. The van der Waals surface area contributed by atoms with E-state index in [0.29, 0.717) is 0 Å².